The number of anilines is 1. The number of benzene rings is 2. The lowest BCUT2D eigenvalue weighted by Gasteiger charge is -2.31. The van der Waals surface area contributed by atoms with Crippen molar-refractivity contribution in [3.8, 4) is 0 Å². The summed E-state index contributed by atoms with van der Waals surface area (Å²) in [6, 6.07) is 14.8. The molecule has 1 atom stereocenters. The second kappa shape index (κ2) is 9.94. The van der Waals surface area contributed by atoms with E-state index >= 15 is 0 Å². The van der Waals surface area contributed by atoms with Gasteiger partial charge in [-0.15, -0.1) is 0 Å². The number of para-hydroxylation sites is 1. The summed E-state index contributed by atoms with van der Waals surface area (Å²) in [5.74, 6) is -0.615. The SMILES string of the molecule is O=C(Nc1c(Cl)cccc1Cl)[C@H]1CCCN(S(=O)(=O)CCCc2ccccc2)C1. The number of carbonyl (C=O) groups excluding carboxylic acids is 1. The molecule has 3 rings (SSSR count). The van der Waals surface area contributed by atoms with Gasteiger partial charge in [0.1, 0.15) is 0 Å². The molecule has 2 aromatic carbocycles. The van der Waals surface area contributed by atoms with Gasteiger partial charge in [0, 0.05) is 13.1 Å². The van der Waals surface area contributed by atoms with Gasteiger partial charge >= 0.3 is 0 Å². The molecule has 5 nitrogen and oxygen atoms in total. The largest absolute Gasteiger partial charge is 0.323 e. The standard InChI is InChI=1S/C21H24Cl2N2O3S/c22-18-11-4-12-19(23)20(18)24-21(26)17-10-5-13-25(15-17)29(27,28)14-6-9-16-7-2-1-3-8-16/h1-4,7-8,11-12,17H,5-6,9-10,13-15H2,(H,24,26)/t17-/m0/s1. The second-order valence-corrected chi connectivity index (χ2v) is 10.1. The Labute approximate surface area is 182 Å². The molecule has 0 unspecified atom stereocenters. The summed E-state index contributed by atoms with van der Waals surface area (Å²) in [5, 5.41) is 3.47. The number of amides is 1. The summed E-state index contributed by atoms with van der Waals surface area (Å²) >= 11 is 12.2. The fraction of sp³-hybridized carbons (Fsp3) is 0.381. The van der Waals surface area contributed by atoms with Crippen LogP contribution in [-0.4, -0.2) is 37.5 Å². The zero-order valence-electron chi connectivity index (χ0n) is 16.0. The number of sulfonamides is 1. The quantitative estimate of drug-likeness (QED) is 0.663. The number of rotatable bonds is 7. The van der Waals surface area contributed by atoms with Crippen LogP contribution in [0.5, 0.6) is 0 Å². The molecule has 156 valence electrons. The maximum Gasteiger partial charge on any atom is 0.228 e. The number of halogens is 2. The first-order valence-corrected chi connectivity index (χ1v) is 12.0. The van der Waals surface area contributed by atoms with E-state index in [2.05, 4.69) is 5.32 Å². The molecule has 0 aliphatic carbocycles. The van der Waals surface area contributed by atoms with Gasteiger partial charge in [-0.05, 0) is 43.4 Å². The van der Waals surface area contributed by atoms with Crippen LogP contribution in [0.4, 0.5) is 5.69 Å². The predicted octanol–water partition coefficient (Wildman–Crippen LogP) is 4.61. The van der Waals surface area contributed by atoms with Gasteiger partial charge in [-0.3, -0.25) is 4.79 Å². The molecule has 1 aliphatic heterocycles. The van der Waals surface area contributed by atoms with Crippen LogP contribution in [-0.2, 0) is 21.2 Å². The van der Waals surface area contributed by atoms with Crippen LogP contribution in [0.2, 0.25) is 10.0 Å². The van der Waals surface area contributed by atoms with E-state index in [9.17, 15) is 13.2 Å². The van der Waals surface area contributed by atoms with Crippen LogP contribution in [0.3, 0.4) is 0 Å². The molecule has 0 radical (unpaired) electrons. The summed E-state index contributed by atoms with van der Waals surface area (Å²) in [5.41, 5.74) is 1.49. The van der Waals surface area contributed by atoms with Crippen molar-refractivity contribution in [3.63, 3.8) is 0 Å². The third-order valence-corrected chi connectivity index (χ3v) is 7.62. The van der Waals surface area contributed by atoms with Crippen LogP contribution in [0.1, 0.15) is 24.8 Å². The Morgan fingerprint density at radius 3 is 2.45 bits per heavy atom. The fourth-order valence-corrected chi connectivity index (χ4v) is 5.56. The van der Waals surface area contributed by atoms with E-state index in [0.717, 1.165) is 5.56 Å². The average Bonchev–Trinajstić information content (AvgIpc) is 2.71. The smallest absolute Gasteiger partial charge is 0.228 e. The summed E-state index contributed by atoms with van der Waals surface area (Å²) in [6.45, 7) is 0.631. The monoisotopic (exact) mass is 454 g/mol. The molecule has 0 aromatic heterocycles. The third-order valence-electron chi connectivity index (χ3n) is 5.07. The normalized spacial score (nSPS) is 17.8. The molecule has 2 aromatic rings. The molecule has 8 heteroatoms. The molecule has 1 heterocycles. The van der Waals surface area contributed by atoms with Gasteiger partial charge < -0.3 is 5.32 Å². The van der Waals surface area contributed by atoms with E-state index in [0.29, 0.717) is 48.0 Å². The highest BCUT2D eigenvalue weighted by Crippen LogP contribution is 2.31. The molecule has 29 heavy (non-hydrogen) atoms. The number of piperidine rings is 1. The number of nitrogens with one attached hydrogen (secondary N) is 1. The van der Waals surface area contributed by atoms with Gasteiger partial charge in [0.2, 0.25) is 15.9 Å². The highest BCUT2D eigenvalue weighted by atomic mass is 35.5. The zero-order valence-corrected chi connectivity index (χ0v) is 18.3. The summed E-state index contributed by atoms with van der Waals surface area (Å²) in [6.07, 6.45) is 2.54. The van der Waals surface area contributed by atoms with E-state index in [1.54, 1.807) is 18.2 Å². The summed E-state index contributed by atoms with van der Waals surface area (Å²) < 4.78 is 27.0. The van der Waals surface area contributed by atoms with Crippen molar-refractivity contribution in [2.45, 2.75) is 25.7 Å². The first-order valence-electron chi connectivity index (χ1n) is 9.63. The van der Waals surface area contributed by atoms with Crippen LogP contribution in [0, 0.1) is 5.92 Å². The third kappa shape index (κ3) is 5.95. The average molecular weight is 455 g/mol. The Balaban J connectivity index is 1.58. The van der Waals surface area contributed by atoms with E-state index in [4.69, 9.17) is 23.2 Å². The second-order valence-electron chi connectivity index (χ2n) is 7.19. The Morgan fingerprint density at radius 2 is 1.76 bits per heavy atom. The van der Waals surface area contributed by atoms with E-state index < -0.39 is 15.9 Å². The molecule has 1 N–H and O–H groups in total. The van der Waals surface area contributed by atoms with Crippen molar-refractivity contribution in [2.24, 2.45) is 5.92 Å². The first-order chi connectivity index (χ1) is 13.9. The van der Waals surface area contributed by atoms with Gasteiger partial charge in [-0.2, -0.15) is 0 Å². The van der Waals surface area contributed by atoms with Gasteiger partial charge in [-0.25, -0.2) is 12.7 Å². The molecule has 0 spiro atoms. The number of nitrogens with zero attached hydrogens (tertiary/aromatic N) is 1. The Bertz CT molecular complexity index is 931. The Hall–Kier alpha value is -1.60. The van der Waals surface area contributed by atoms with E-state index in [-0.39, 0.29) is 18.2 Å². The lowest BCUT2D eigenvalue weighted by Crippen LogP contribution is -2.44. The lowest BCUT2D eigenvalue weighted by atomic mass is 9.98. The molecule has 1 saturated heterocycles. The van der Waals surface area contributed by atoms with Crippen LogP contribution >= 0.6 is 23.2 Å². The highest BCUT2D eigenvalue weighted by Gasteiger charge is 2.32. The minimum Gasteiger partial charge on any atom is -0.323 e. The van der Waals surface area contributed by atoms with Crippen molar-refractivity contribution >= 4 is 44.8 Å². The van der Waals surface area contributed by atoms with Crippen molar-refractivity contribution in [3.05, 3.63) is 64.1 Å². The van der Waals surface area contributed by atoms with Crippen molar-refractivity contribution in [1.82, 2.24) is 4.31 Å². The minimum atomic E-state index is -3.41. The molecule has 0 bridgehead atoms. The lowest BCUT2D eigenvalue weighted by molar-refractivity contribution is -0.120. The maximum atomic E-state index is 12.8. The molecule has 1 aliphatic rings. The summed E-state index contributed by atoms with van der Waals surface area (Å²) in [7, 11) is -3.41. The minimum absolute atomic E-state index is 0.0760. The van der Waals surface area contributed by atoms with Crippen molar-refractivity contribution in [1.29, 1.82) is 0 Å². The number of carbonyl (C=O) groups is 1. The molecular formula is C21H24Cl2N2O3S. The Morgan fingerprint density at radius 1 is 1.07 bits per heavy atom. The molecule has 0 saturated carbocycles. The summed E-state index contributed by atoms with van der Waals surface area (Å²) in [4.78, 5) is 12.7. The van der Waals surface area contributed by atoms with Crippen LogP contribution in [0.15, 0.2) is 48.5 Å². The molecular weight excluding hydrogens is 431 g/mol. The topological polar surface area (TPSA) is 66.5 Å². The van der Waals surface area contributed by atoms with Crippen LogP contribution < -0.4 is 5.32 Å². The zero-order chi connectivity index (χ0) is 20.9. The molecule has 1 fully saturated rings. The van der Waals surface area contributed by atoms with Gasteiger partial charge in [0.15, 0.2) is 0 Å². The maximum absolute atomic E-state index is 12.8. The first kappa shape index (κ1) is 22.1. The van der Waals surface area contributed by atoms with Crippen molar-refractivity contribution in [2.75, 3.05) is 24.2 Å². The van der Waals surface area contributed by atoms with Gasteiger partial charge in [0.05, 0.1) is 27.4 Å². The predicted molar refractivity (Wildman–Crippen MR) is 118 cm³/mol. The fourth-order valence-electron chi connectivity index (χ4n) is 3.48. The Kier molecular flexibility index (Phi) is 7.57. The van der Waals surface area contributed by atoms with E-state index in [1.165, 1.54) is 4.31 Å². The van der Waals surface area contributed by atoms with Gasteiger partial charge in [0.25, 0.3) is 0 Å². The van der Waals surface area contributed by atoms with Gasteiger partial charge in [-0.1, -0.05) is 59.6 Å². The number of hydrogen-bond acceptors (Lipinski definition) is 3. The van der Waals surface area contributed by atoms with Crippen molar-refractivity contribution < 1.29 is 13.2 Å². The number of aryl methyl sites for hydroxylation is 1. The van der Waals surface area contributed by atoms with Crippen LogP contribution in [0.25, 0.3) is 0 Å². The molecule has 1 amide bonds. The number of hydrogen-bond donors (Lipinski definition) is 1. The van der Waals surface area contributed by atoms with E-state index in [1.807, 2.05) is 30.3 Å². The highest BCUT2D eigenvalue weighted by molar-refractivity contribution is 7.89.